The molecule has 4 aromatic rings. The maximum atomic E-state index is 12.1. The van der Waals surface area contributed by atoms with Crippen LogP contribution < -0.4 is 21.1 Å². The molecular formula is C22H21N9O. The molecule has 0 unspecified atom stereocenters. The zero-order chi connectivity index (χ0) is 22.1. The van der Waals surface area contributed by atoms with E-state index in [0.717, 1.165) is 16.5 Å². The van der Waals surface area contributed by atoms with Crippen LogP contribution in [0.25, 0.3) is 10.9 Å². The van der Waals surface area contributed by atoms with E-state index in [1.165, 1.54) is 0 Å². The number of aromatic nitrogens is 4. The van der Waals surface area contributed by atoms with Crippen LogP contribution in [0, 0.1) is 0 Å². The summed E-state index contributed by atoms with van der Waals surface area (Å²) in [7, 11) is 3.48. The van der Waals surface area contributed by atoms with Crippen molar-refractivity contribution in [3.05, 3.63) is 72.2 Å². The van der Waals surface area contributed by atoms with Gasteiger partial charge in [-0.25, -0.2) is 15.0 Å². The lowest BCUT2D eigenvalue weighted by Gasteiger charge is -2.25. The van der Waals surface area contributed by atoms with Gasteiger partial charge >= 0.3 is 0 Å². The summed E-state index contributed by atoms with van der Waals surface area (Å²) in [6, 6.07) is 13.6. The van der Waals surface area contributed by atoms with Gasteiger partial charge in [0.25, 0.3) is 5.91 Å². The van der Waals surface area contributed by atoms with Gasteiger partial charge in [0.05, 0.1) is 23.8 Å². The van der Waals surface area contributed by atoms with Gasteiger partial charge < -0.3 is 10.6 Å². The van der Waals surface area contributed by atoms with Gasteiger partial charge in [0, 0.05) is 31.9 Å². The molecule has 4 heterocycles. The van der Waals surface area contributed by atoms with Crippen LogP contribution >= 0.6 is 0 Å². The Hall–Kier alpha value is -4.31. The van der Waals surface area contributed by atoms with Crippen molar-refractivity contribution in [2.75, 3.05) is 29.8 Å². The molecule has 3 N–H and O–H groups in total. The number of fused-ring (bicyclic) bond motifs is 2. The number of hydrogen-bond donors (Lipinski definition) is 3. The molecule has 0 bridgehead atoms. The van der Waals surface area contributed by atoms with Gasteiger partial charge in [0.15, 0.2) is 17.5 Å². The van der Waals surface area contributed by atoms with Gasteiger partial charge in [-0.3, -0.25) is 20.2 Å². The standard InChI is InChI=1S/C22H21N9O/c1-23-22(32)16-6-4-10-25-19(16)27-18-12-26-20-21(28-18)31(30(2)29-20)13-14-7-8-17-15(11-14)5-3-9-24-17/h3-12H,13H2,1-2H3,(H,23,32)(H,26,29)(H,25,27,28). The fraction of sp³-hybridized carbons (Fsp3) is 0.136. The number of hydrazine groups is 2. The molecule has 0 aliphatic carbocycles. The zero-order valence-electron chi connectivity index (χ0n) is 17.6. The third kappa shape index (κ3) is 3.63. The van der Waals surface area contributed by atoms with Crippen molar-refractivity contribution in [1.82, 2.24) is 30.4 Å². The van der Waals surface area contributed by atoms with Crippen LogP contribution in [0.1, 0.15) is 15.9 Å². The van der Waals surface area contributed by atoms with Crippen molar-refractivity contribution in [3.8, 4) is 0 Å². The van der Waals surface area contributed by atoms with E-state index in [9.17, 15) is 4.79 Å². The van der Waals surface area contributed by atoms with Crippen LogP contribution in [0.4, 0.5) is 23.3 Å². The lowest BCUT2D eigenvalue weighted by molar-refractivity contribution is 0.0963. The summed E-state index contributed by atoms with van der Waals surface area (Å²) in [6.07, 6.45) is 5.01. The first kappa shape index (κ1) is 19.6. The highest BCUT2D eigenvalue weighted by Crippen LogP contribution is 2.32. The molecule has 0 atom stereocenters. The third-order valence-electron chi connectivity index (χ3n) is 5.15. The largest absolute Gasteiger partial charge is 0.355 e. The molecule has 0 fully saturated rings. The first-order valence-electron chi connectivity index (χ1n) is 10.0. The van der Waals surface area contributed by atoms with Gasteiger partial charge in [-0.2, -0.15) is 0 Å². The van der Waals surface area contributed by atoms with Crippen molar-refractivity contribution in [3.63, 3.8) is 0 Å². The van der Waals surface area contributed by atoms with Crippen LogP contribution in [-0.4, -0.2) is 45.1 Å². The lowest BCUT2D eigenvalue weighted by Crippen LogP contribution is -2.37. The van der Waals surface area contributed by atoms with Crippen molar-refractivity contribution < 1.29 is 4.79 Å². The van der Waals surface area contributed by atoms with Crippen molar-refractivity contribution in [1.29, 1.82) is 0 Å². The number of anilines is 4. The quantitative estimate of drug-likeness (QED) is 0.443. The Morgan fingerprint density at radius 1 is 1.09 bits per heavy atom. The van der Waals surface area contributed by atoms with E-state index >= 15 is 0 Å². The Morgan fingerprint density at radius 2 is 1.94 bits per heavy atom. The number of carbonyl (C=O) groups excluding carboxylic acids is 1. The summed E-state index contributed by atoms with van der Waals surface area (Å²) in [6.45, 7) is 0.590. The van der Waals surface area contributed by atoms with Crippen LogP contribution in [0.5, 0.6) is 0 Å². The Bertz CT molecular complexity index is 1310. The summed E-state index contributed by atoms with van der Waals surface area (Å²) in [5, 5.41) is 10.6. The second-order valence-corrected chi connectivity index (χ2v) is 7.25. The van der Waals surface area contributed by atoms with Gasteiger partial charge in [-0.05, 0) is 35.9 Å². The molecule has 10 nitrogen and oxygen atoms in total. The second-order valence-electron chi connectivity index (χ2n) is 7.25. The molecule has 0 saturated carbocycles. The lowest BCUT2D eigenvalue weighted by atomic mass is 10.1. The van der Waals surface area contributed by atoms with Crippen molar-refractivity contribution >= 4 is 40.1 Å². The highest BCUT2D eigenvalue weighted by Gasteiger charge is 2.27. The average molecular weight is 427 g/mol. The summed E-state index contributed by atoms with van der Waals surface area (Å²) in [4.78, 5) is 30.0. The van der Waals surface area contributed by atoms with Crippen LogP contribution in [0.3, 0.4) is 0 Å². The third-order valence-corrected chi connectivity index (χ3v) is 5.15. The molecule has 160 valence electrons. The van der Waals surface area contributed by atoms with Crippen molar-refractivity contribution in [2.45, 2.75) is 6.54 Å². The second kappa shape index (κ2) is 8.08. The average Bonchev–Trinajstić information content (AvgIpc) is 3.13. The first-order chi connectivity index (χ1) is 15.6. The Morgan fingerprint density at radius 3 is 2.81 bits per heavy atom. The highest BCUT2D eigenvalue weighted by atomic mass is 16.1. The topological polar surface area (TPSA) is 111 Å². The number of nitrogens with one attached hydrogen (secondary N) is 3. The van der Waals surface area contributed by atoms with E-state index in [1.54, 1.807) is 37.8 Å². The van der Waals surface area contributed by atoms with Crippen molar-refractivity contribution in [2.24, 2.45) is 0 Å². The maximum Gasteiger partial charge on any atom is 0.254 e. The predicted octanol–water partition coefficient (Wildman–Crippen LogP) is 2.72. The number of benzene rings is 1. The van der Waals surface area contributed by atoms with Crippen LogP contribution in [-0.2, 0) is 6.54 Å². The molecule has 0 spiro atoms. The molecule has 1 amide bonds. The van der Waals surface area contributed by atoms with E-state index in [-0.39, 0.29) is 5.91 Å². The normalized spacial score (nSPS) is 13.0. The molecule has 0 radical (unpaired) electrons. The summed E-state index contributed by atoms with van der Waals surface area (Å²) < 4.78 is 0. The first-order valence-corrected chi connectivity index (χ1v) is 10.0. The minimum absolute atomic E-state index is 0.233. The van der Waals surface area contributed by atoms with Gasteiger partial charge in [0.2, 0.25) is 0 Å². The SMILES string of the molecule is CNC(=O)c1cccnc1Nc1cnc2c(n1)N(Cc1ccc3ncccc3c1)N(C)N2. The fourth-order valence-electron chi connectivity index (χ4n) is 3.58. The number of carbonyl (C=O) groups is 1. The van der Waals surface area contributed by atoms with E-state index in [1.807, 2.05) is 35.4 Å². The molecule has 1 aliphatic rings. The van der Waals surface area contributed by atoms with Gasteiger partial charge in [-0.15, -0.1) is 5.12 Å². The fourth-order valence-corrected chi connectivity index (χ4v) is 3.58. The number of nitrogens with zero attached hydrogens (tertiary/aromatic N) is 6. The molecule has 1 aromatic carbocycles. The maximum absolute atomic E-state index is 12.1. The molecule has 3 aromatic heterocycles. The number of rotatable bonds is 5. The summed E-state index contributed by atoms with van der Waals surface area (Å²) in [5.74, 6) is 1.98. The highest BCUT2D eigenvalue weighted by molar-refractivity contribution is 5.99. The monoisotopic (exact) mass is 427 g/mol. The van der Waals surface area contributed by atoms with Crippen LogP contribution in [0.2, 0.25) is 0 Å². The predicted molar refractivity (Wildman–Crippen MR) is 122 cm³/mol. The minimum atomic E-state index is -0.233. The minimum Gasteiger partial charge on any atom is -0.355 e. The summed E-state index contributed by atoms with van der Waals surface area (Å²) >= 11 is 0. The molecule has 1 aliphatic heterocycles. The Labute approximate surface area is 184 Å². The van der Waals surface area contributed by atoms with E-state index < -0.39 is 0 Å². The number of hydrogen-bond acceptors (Lipinski definition) is 9. The molecule has 10 heteroatoms. The molecule has 32 heavy (non-hydrogen) atoms. The Kier molecular flexibility index (Phi) is 4.96. The van der Waals surface area contributed by atoms with E-state index in [2.05, 4.69) is 43.1 Å². The van der Waals surface area contributed by atoms with Gasteiger partial charge in [0.1, 0.15) is 5.82 Å². The molecular weight excluding hydrogens is 406 g/mol. The number of pyridine rings is 2. The number of amides is 1. The Balaban J connectivity index is 1.43. The van der Waals surface area contributed by atoms with E-state index in [4.69, 9.17) is 4.98 Å². The molecule has 5 rings (SSSR count). The zero-order valence-corrected chi connectivity index (χ0v) is 17.6. The smallest absolute Gasteiger partial charge is 0.254 e. The van der Waals surface area contributed by atoms with E-state index in [0.29, 0.717) is 35.4 Å². The molecule has 0 saturated heterocycles. The van der Waals surface area contributed by atoms with Gasteiger partial charge in [-0.1, -0.05) is 12.1 Å². The van der Waals surface area contributed by atoms with Crippen LogP contribution in [0.15, 0.2) is 61.1 Å². The summed E-state index contributed by atoms with van der Waals surface area (Å²) in [5.41, 5.74) is 5.69.